The molecule has 0 unspecified atom stereocenters. The molecule has 0 aliphatic rings. The molecule has 0 aliphatic heterocycles. The van der Waals surface area contributed by atoms with E-state index in [4.69, 9.17) is 19.9 Å². The summed E-state index contributed by atoms with van der Waals surface area (Å²) in [7, 11) is 3.02. The van der Waals surface area contributed by atoms with E-state index >= 15 is 0 Å². The average Bonchev–Trinajstić information content (AvgIpc) is 2.64. The number of aromatic nitrogens is 1. The van der Waals surface area contributed by atoms with Crippen molar-refractivity contribution in [2.24, 2.45) is 5.73 Å². The lowest BCUT2D eigenvalue weighted by atomic mass is 10.1. The maximum atomic E-state index is 12.4. The third-order valence-electron chi connectivity index (χ3n) is 4.12. The largest absolute Gasteiger partial charge is 0.493 e. The lowest BCUT2D eigenvalue weighted by molar-refractivity contribution is 0.155. The van der Waals surface area contributed by atoms with Crippen molar-refractivity contribution in [1.82, 2.24) is 9.88 Å². The Morgan fingerprint density at radius 3 is 2.15 bits per heavy atom. The standard InChI is InChI=1S/C18H24N4O5/c1-6-22(7-2)18(24)27-16-15(21-17(19)23)12-9-14(26-5)13(25-4)8-11(12)10(3)20-16/h8-9H,6-7H2,1-5H3,(H3,19,21,23). The second-order valence-corrected chi connectivity index (χ2v) is 5.66. The minimum Gasteiger partial charge on any atom is -0.493 e. The van der Waals surface area contributed by atoms with E-state index in [1.165, 1.54) is 19.1 Å². The number of carbonyl (C=O) groups excluding carboxylic acids is 2. The van der Waals surface area contributed by atoms with Crippen molar-refractivity contribution in [2.75, 3.05) is 32.6 Å². The normalized spacial score (nSPS) is 10.4. The Morgan fingerprint density at radius 2 is 1.67 bits per heavy atom. The van der Waals surface area contributed by atoms with Crippen LogP contribution in [-0.2, 0) is 0 Å². The lowest BCUT2D eigenvalue weighted by Gasteiger charge is -2.20. The molecule has 0 fully saturated rings. The first-order valence-corrected chi connectivity index (χ1v) is 8.45. The fraction of sp³-hybridized carbons (Fsp3) is 0.389. The first-order valence-electron chi connectivity index (χ1n) is 8.45. The van der Waals surface area contributed by atoms with E-state index in [0.29, 0.717) is 41.1 Å². The number of fused-ring (bicyclic) bond motifs is 1. The predicted octanol–water partition coefficient (Wildman–Crippen LogP) is 2.89. The minimum absolute atomic E-state index is 0.0390. The number of primary amides is 1. The fourth-order valence-electron chi connectivity index (χ4n) is 2.72. The summed E-state index contributed by atoms with van der Waals surface area (Å²) < 4.78 is 16.1. The lowest BCUT2D eigenvalue weighted by Crippen LogP contribution is -2.33. The quantitative estimate of drug-likeness (QED) is 0.801. The van der Waals surface area contributed by atoms with Crippen LogP contribution in [0.1, 0.15) is 19.5 Å². The number of aryl methyl sites for hydroxylation is 1. The number of hydrogen-bond acceptors (Lipinski definition) is 6. The highest BCUT2D eigenvalue weighted by Crippen LogP contribution is 2.40. The number of ether oxygens (including phenoxy) is 3. The molecule has 27 heavy (non-hydrogen) atoms. The Bertz CT molecular complexity index is 865. The SMILES string of the molecule is CCN(CC)C(=O)Oc1nc(C)c2cc(OC)c(OC)cc2c1NC(N)=O. The van der Waals surface area contributed by atoms with Crippen molar-refractivity contribution in [3.8, 4) is 17.4 Å². The molecule has 0 atom stereocenters. The Morgan fingerprint density at radius 1 is 1.11 bits per heavy atom. The molecule has 2 rings (SSSR count). The average molecular weight is 376 g/mol. The number of hydrogen-bond donors (Lipinski definition) is 2. The van der Waals surface area contributed by atoms with Gasteiger partial charge < -0.3 is 30.2 Å². The highest BCUT2D eigenvalue weighted by Gasteiger charge is 2.21. The monoisotopic (exact) mass is 376 g/mol. The number of carbonyl (C=O) groups is 2. The first-order chi connectivity index (χ1) is 12.9. The first kappa shape index (κ1) is 20.1. The van der Waals surface area contributed by atoms with Gasteiger partial charge in [-0.1, -0.05) is 0 Å². The van der Waals surface area contributed by atoms with Crippen molar-refractivity contribution < 1.29 is 23.8 Å². The number of benzene rings is 1. The van der Waals surface area contributed by atoms with Gasteiger partial charge in [0.1, 0.15) is 5.69 Å². The summed E-state index contributed by atoms with van der Waals surface area (Å²) in [5, 5.41) is 3.75. The summed E-state index contributed by atoms with van der Waals surface area (Å²) in [6.07, 6.45) is -0.570. The van der Waals surface area contributed by atoms with E-state index < -0.39 is 12.1 Å². The van der Waals surface area contributed by atoms with Gasteiger partial charge in [-0.15, -0.1) is 0 Å². The molecule has 1 aromatic carbocycles. The van der Waals surface area contributed by atoms with Gasteiger partial charge in [0, 0.05) is 29.6 Å². The molecule has 3 N–H and O–H groups in total. The van der Waals surface area contributed by atoms with Crippen molar-refractivity contribution in [3.05, 3.63) is 17.8 Å². The van der Waals surface area contributed by atoms with Gasteiger partial charge in [-0.3, -0.25) is 0 Å². The molecule has 1 aromatic heterocycles. The molecule has 0 aliphatic carbocycles. The van der Waals surface area contributed by atoms with Gasteiger partial charge in [-0.25, -0.2) is 14.6 Å². The van der Waals surface area contributed by atoms with Crippen LogP contribution in [0.25, 0.3) is 10.8 Å². The van der Waals surface area contributed by atoms with Crippen LogP contribution in [0, 0.1) is 6.92 Å². The summed E-state index contributed by atoms with van der Waals surface area (Å²) in [5.74, 6) is 0.917. The maximum absolute atomic E-state index is 12.4. The smallest absolute Gasteiger partial charge is 0.416 e. The highest BCUT2D eigenvalue weighted by atomic mass is 16.6. The minimum atomic E-state index is -0.808. The van der Waals surface area contributed by atoms with E-state index in [1.807, 2.05) is 13.8 Å². The number of pyridine rings is 1. The van der Waals surface area contributed by atoms with Gasteiger partial charge in [0.05, 0.1) is 14.2 Å². The summed E-state index contributed by atoms with van der Waals surface area (Å²) in [5.41, 5.74) is 6.08. The Kier molecular flexibility index (Phi) is 6.27. The van der Waals surface area contributed by atoms with Gasteiger partial charge in [0.25, 0.3) is 0 Å². The van der Waals surface area contributed by atoms with Crippen LogP contribution >= 0.6 is 0 Å². The third-order valence-corrected chi connectivity index (χ3v) is 4.12. The van der Waals surface area contributed by atoms with Crippen LogP contribution in [-0.4, -0.2) is 49.3 Å². The molecule has 0 spiro atoms. The summed E-state index contributed by atoms with van der Waals surface area (Å²) >= 11 is 0. The number of anilines is 1. The van der Waals surface area contributed by atoms with E-state index in [9.17, 15) is 9.59 Å². The number of nitrogens with zero attached hydrogens (tertiary/aromatic N) is 2. The summed E-state index contributed by atoms with van der Waals surface area (Å²) in [4.78, 5) is 29.7. The van der Waals surface area contributed by atoms with Crippen LogP contribution in [0.2, 0.25) is 0 Å². The number of nitrogens with one attached hydrogen (secondary N) is 1. The van der Waals surface area contributed by atoms with Crippen LogP contribution in [0.3, 0.4) is 0 Å². The van der Waals surface area contributed by atoms with E-state index in [0.717, 1.165) is 0 Å². The zero-order valence-electron chi connectivity index (χ0n) is 16.1. The Labute approximate surface area is 157 Å². The second kappa shape index (κ2) is 8.43. The zero-order chi connectivity index (χ0) is 20.1. The summed E-state index contributed by atoms with van der Waals surface area (Å²) in [6.45, 7) is 6.39. The highest BCUT2D eigenvalue weighted by molar-refractivity contribution is 6.05. The second-order valence-electron chi connectivity index (χ2n) is 5.66. The molecule has 9 heteroatoms. The van der Waals surface area contributed by atoms with E-state index in [1.54, 1.807) is 19.1 Å². The van der Waals surface area contributed by atoms with Gasteiger partial charge in [0.2, 0.25) is 5.88 Å². The number of methoxy groups -OCH3 is 2. The van der Waals surface area contributed by atoms with Gasteiger partial charge in [0.15, 0.2) is 11.5 Å². The molecule has 3 amide bonds. The third kappa shape index (κ3) is 4.13. The van der Waals surface area contributed by atoms with Crippen molar-refractivity contribution in [3.63, 3.8) is 0 Å². The van der Waals surface area contributed by atoms with Crippen molar-refractivity contribution in [1.29, 1.82) is 0 Å². The van der Waals surface area contributed by atoms with Gasteiger partial charge >= 0.3 is 12.1 Å². The van der Waals surface area contributed by atoms with Crippen LogP contribution in [0.5, 0.6) is 17.4 Å². The molecule has 0 bridgehead atoms. The number of urea groups is 1. The Balaban J connectivity index is 2.69. The van der Waals surface area contributed by atoms with Crippen LogP contribution in [0.15, 0.2) is 12.1 Å². The van der Waals surface area contributed by atoms with Gasteiger partial charge in [-0.05, 0) is 32.9 Å². The zero-order valence-corrected chi connectivity index (χ0v) is 16.1. The molecule has 0 saturated heterocycles. The molecule has 146 valence electrons. The molecular formula is C18H24N4O5. The summed E-state index contributed by atoms with van der Waals surface area (Å²) in [6, 6.07) is 2.60. The van der Waals surface area contributed by atoms with Crippen LogP contribution < -0.4 is 25.3 Å². The molecule has 1 heterocycles. The van der Waals surface area contributed by atoms with Gasteiger partial charge in [-0.2, -0.15) is 0 Å². The number of amides is 3. The van der Waals surface area contributed by atoms with Crippen molar-refractivity contribution in [2.45, 2.75) is 20.8 Å². The molecule has 2 aromatic rings. The predicted molar refractivity (Wildman–Crippen MR) is 102 cm³/mol. The van der Waals surface area contributed by atoms with E-state index in [2.05, 4.69) is 10.3 Å². The molecule has 0 radical (unpaired) electrons. The van der Waals surface area contributed by atoms with Crippen molar-refractivity contribution >= 4 is 28.6 Å². The number of rotatable bonds is 6. The van der Waals surface area contributed by atoms with Crippen LogP contribution in [0.4, 0.5) is 15.3 Å². The topological polar surface area (TPSA) is 116 Å². The number of nitrogens with two attached hydrogens (primary N) is 1. The Hall–Kier alpha value is -3.23. The maximum Gasteiger partial charge on any atom is 0.416 e. The molecule has 0 saturated carbocycles. The molecule has 9 nitrogen and oxygen atoms in total. The van der Waals surface area contributed by atoms with E-state index in [-0.39, 0.29) is 11.6 Å². The fourth-order valence-corrected chi connectivity index (χ4v) is 2.72. The molecular weight excluding hydrogens is 352 g/mol.